The number of nitrogens with one attached hydrogen (secondary N) is 1. The van der Waals surface area contributed by atoms with Crippen LogP contribution in [0.25, 0.3) is 10.7 Å². The number of ether oxygens (including phenoxy) is 1. The highest BCUT2D eigenvalue weighted by Gasteiger charge is 2.34. The number of aromatic nitrogens is 2. The van der Waals surface area contributed by atoms with E-state index in [1.54, 1.807) is 24.3 Å². The van der Waals surface area contributed by atoms with Crippen LogP contribution in [0.3, 0.4) is 0 Å². The smallest absolute Gasteiger partial charge is 0.263 e. The average molecular weight is 420 g/mol. The number of rotatable bonds is 5. The summed E-state index contributed by atoms with van der Waals surface area (Å²) in [5, 5.41) is 8.43. The van der Waals surface area contributed by atoms with E-state index < -0.39 is 22.0 Å². The van der Waals surface area contributed by atoms with Gasteiger partial charge in [-0.05, 0) is 23.6 Å². The molecule has 1 N–H and O–H groups in total. The molecular weight excluding hydrogens is 404 g/mol. The van der Waals surface area contributed by atoms with E-state index >= 15 is 0 Å². The van der Waals surface area contributed by atoms with Gasteiger partial charge in [-0.15, -0.1) is 11.3 Å². The van der Waals surface area contributed by atoms with Crippen molar-refractivity contribution in [3.8, 4) is 16.5 Å². The van der Waals surface area contributed by atoms with Crippen LogP contribution in [0.5, 0.6) is 5.75 Å². The molecule has 4 rings (SSSR count). The van der Waals surface area contributed by atoms with Crippen LogP contribution in [0, 0.1) is 0 Å². The van der Waals surface area contributed by atoms with Crippen LogP contribution >= 0.6 is 11.3 Å². The molecule has 1 aromatic carbocycles. The fourth-order valence-electron chi connectivity index (χ4n) is 2.76. The fourth-order valence-corrected chi connectivity index (χ4v) is 4.33. The van der Waals surface area contributed by atoms with Gasteiger partial charge in [0.1, 0.15) is 5.75 Å². The minimum atomic E-state index is -3.56. The maximum absolute atomic E-state index is 12.5. The first-order valence-corrected chi connectivity index (χ1v) is 11.0. The lowest BCUT2D eigenvalue weighted by atomic mass is 10.2. The molecule has 1 amide bonds. The molecule has 1 atom stereocenters. The number of hydrogen-bond donors (Lipinski definition) is 1. The Balaban J connectivity index is 1.45. The van der Waals surface area contributed by atoms with E-state index in [1.165, 1.54) is 11.3 Å². The van der Waals surface area contributed by atoms with E-state index in [2.05, 4.69) is 15.5 Å². The molecule has 2 aromatic heterocycles. The number of fused-ring (bicyclic) bond motifs is 1. The van der Waals surface area contributed by atoms with Gasteiger partial charge in [0, 0.05) is 0 Å². The predicted molar refractivity (Wildman–Crippen MR) is 103 cm³/mol. The second kappa shape index (κ2) is 7.24. The van der Waals surface area contributed by atoms with E-state index in [0.29, 0.717) is 17.3 Å². The van der Waals surface area contributed by atoms with Gasteiger partial charge >= 0.3 is 0 Å². The van der Waals surface area contributed by atoms with Crippen molar-refractivity contribution >= 4 is 33.0 Å². The summed E-state index contributed by atoms with van der Waals surface area (Å²) in [5.41, 5.74) is 0.409. The molecular formula is C17H16N4O5S2. The average Bonchev–Trinajstić information content (AvgIpc) is 3.36. The van der Waals surface area contributed by atoms with E-state index in [4.69, 9.17) is 9.26 Å². The zero-order valence-corrected chi connectivity index (χ0v) is 16.4. The summed E-state index contributed by atoms with van der Waals surface area (Å²) in [6.07, 6.45) is 0.0959. The van der Waals surface area contributed by atoms with Crippen molar-refractivity contribution in [2.75, 3.05) is 17.1 Å². The Morgan fingerprint density at radius 2 is 2.14 bits per heavy atom. The summed E-state index contributed by atoms with van der Waals surface area (Å²) in [5.74, 6) is 0.550. The number of carbonyl (C=O) groups is 1. The Labute approximate surface area is 165 Å². The molecule has 0 saturated heterocycles. The van der Waals surface area contributed by atoms with Crippen molar-refractivity contribution in [2.24, 2.45) is 0 Å². The van der Waals surface area contributed by atoms with Gasteiger partial charge in [-0.25, -0.2) is 8.42 Å². The first-order valence-electron chi connectivity index (χ1n) is 8.29. The Morgan fingerprint density at radius 3 is 2.89 bits per heavy atom. The second-order valence-corrected chi connectivity index (χ2v) is 8.93. The summed E-state index contributed by atoms with van der Waals surface area (Å²) in [7, 11) is -3.56. The summed E-state index contributed by atoms with van der Waals surface area (Å²) in [6.45, 7) is -0.108. The molecule has 0 spiro atoms. The molecule has 28 heavy (non-hydrogen) atoms. The van der Waals surface area contributed by atoms with Crippen LogP contribution in [0.1, 0.15) is 5.89 Å². The van der Waals surface area contributed by atoms with Gasteiger partial charge in [-0.1, -0.05) is 23.4 Å². The SMILES string of the molecule is CS(=O)(=O)N1C[C@H](C(=O)NCc2nc(-c3cccs3)no2)Oc2ccccc21. The third kappa shape index (κ3) is 3.71. The van der Waals surface area contributed by atoms with E-state index in [9.17, 15) is 13.2 Å². The van der Waals surface area contributed by atoms with Gasteiger partial charge < -0.3 is 14.6 Å². The summed E-state index contributed by atoms with van der Waals surface area (Å²) < 4.78 is 36.2. The maximum Gasteiger partial charge on any atom is 0.263 e. The van der Waals surface area contributed by atoms with Crippen molar-refractivity contribution in [2.45, 2.75) is 12.6 Å². The molecule has 9 nitrogen and oxygen atoms in total. The molecule has 3 aromatic rings. The molecule has 0 saturated carbocycles. The largest absolute Gasteiger partial charge is 0.476 e. The number of amides is 1. The Hall–Kier alpha value is -2.92. The number of hydrogen-bond acceptors (Lipinski definition) is 8. The highest BCUT2D eigenvalue weighted by molar-refractivity contribution is 7.92. The van der Waals surface area contributed by atoms with Gasteiger partial charge in [-0.3, -0.25) is 9.10 Å². The van der Waals surface area contributed by atoms with Crippen LogP contribution in [-0.2, 0) is 21.4 Å². The molecule has 0 aliphatic carbocycles. The topological polar surface area (TPSA) is 115 Å². The van der Waals surface area contributed by atoms with E-state index in [-0.39, 0.29) is 19.0 Å². The maximum atomic E-state index is 12.5. The minimum absolute atomic E-state index is 0.0115. The van der Waals surface area contributed by atoms with Gasteiger partial charge in [0.15, 0.2) is 6.10 Å². The van der Waals surface area contributed by atoms with Crippen LogP contribution in [0.2, 0.25) is 0 Å². The van der Waals surface area contributed by atoms with Gasteiger partial charge in [0.2, 0.25) is 21.7 Å². The molecule has 11 heteroatoms. The highest BCUT2D eigenvalue weighted by Crippen LogP contribution is 2.34. The monoisotopic (exact) mass is 420 g/mol. The number of benzene rings is 1. The van der Waals surface area contributed by atoms with Crippen LogP contribution in [-0.4, -0.2) is 43.4 Å². The quantitative estimate of drug-likeness (QED) is 0.667. The molecule has 1 aliphatic heterocycles. The van der Waals surface area contributed by atoms with Crippen LogP contribution in [0.15, 0.2) is 46.3 Å². The summed E-state index contributed by atoms with van der Waals surface area (Å²) in [6, 6.07) is 10.4. The van der Waals surface area contributed by atoms with Gasteiger partial charge in [0.05, 0.1) is 29.9 Å². The molecule has 0 radical (unpaired) electrons. The first-order chi connectivity index (χ1) is 13.4. The van der Waals surface area contributed by atoms with Crippen molar-refractivity contribution < 1.29 is 22.5 Å². The van der Waals surface area contributed by atoms with Crippen LogP contribution in [0.4, 0.5) is 5.69 Å². The minimum Gasteiger partial charge on any atom is -0.476 e. The van der Waals surface area contributed by atoms with E-state index in [0.717, 1.165) is 15.4 Å². The molecule has 3 heterocycles. The number of nitrogens with zero attached hydrogens (tertiary/aromatic N) is 3. The zero-order chi connectivity index (χ0) is 19.7. The molecule has 0 unspecified atom stereocenters. The summed E-state index contributed by atoms with van der Waals surface area (Å²) in [4.78, 5) is 17.6. The van der Waals surface area contributed by atoms with Crippen molar-refractivity contribution in [1.82, 2.24) is 15.5 Å². The highest BCUT2D eigenvalue weighted by atomic mass is 32.2. The Morgan fingerprint density at radius 1 is 1.32 bits per heavy atom. The van der Waals surface area contributed by atoms with Crippen molar-refractivity contribution in [3.05, 3.63) is 47.7 Å². The standard InChI is InChI=1S/C17H16N4O5S2/c1-28(23,24)21-10-13(25-12-6-3-2-5-11(12)21)17(22)18-9-15-19-16(20-26-15)14-7-4-8-27-14/h2-8,13H,9-10H2,1H3,(H,18,22)/t13-/m1/s1. The summed E-state index contributed by atoms with van der Waals surface area (Å²) >= 11 is 1.48. The number of anilines is 1. The lowest BCUT2D eigenvalue weighted by molar-refractivity contribution is -0.128. The van der Waals surface area contributed by atoms with Crippen molar-refractivity contribution in [3.63, 3.8) is 0 Å². The third-order valence-electron chi connectivity index (χ3n) is 4.05. The molecule has 0 fully saturated rings. The number of para-hydroxylation sites is 2. The molecule has 146 valence electrons. The van der Waals surface area contributed by atoms with Crippen LogP contribution < -0.4 is 14.4 Å². The Bertz CT molecular complexity index is 1090. The zero-order valence-electron chi connectivity index (χ0n) is 14.7. The number of thiophene rings is 1. The third-order valence-corrected chi connectivity index (χ3v) is 6.06. The molecule has 0 bridgehead atoms. The number of carbonyl (C=O) groups excluding carboxylic acids is 1. The van der Waals surface area contributed by atoms with E-state index in [1.807, 2.05) is 17.5 Å². The fraction of sp³-hybridized carbons (Fsp3) is 0.235. The van der Waals surface area contributed by atoms with Gasteiger partial charge in [-0.2, -0.15) is 4.98 Å². The van der Waals surface area contributed by atoms with Crippen molar-refractivity contribution in [1.29, 1.82) is 0 Å². The van der Waals surface area contributed by atoms with Gasteiger partial charge in [0.25, 0.3) is 5.91 Å². The predicted octanol–water partition coefficient (Wildman–Crippen LogP) is 1.64. The Kier molecular flexibility index (Phi) is 4.77. The normalized spacial score (nSPS) is 16.3. The second-order valence-electron chi connectivity index (χ2n) is 6.08. The lowest BCUT2D eigenvalue weighted by Gasteiger charge is -2.33. The number of sulfonamides is 1. The molecule has 1 aliphatic rings. The first kappa shape index (κ1) is 18.4. The lowest BCUT2D eigenvalue weighted by Crippen LogP contribution is -2.50.